The fraction of sp³-hybridized carbons (Fsp3) is 0.360. The van der Waals surface area contributed by atoms with Gasteiger partial charge in [0.1, 0.15) is 0 Å². The van der Waals surface area contributed by atoms with Gasteiger partial charge in [0.05, 0.1) is 6.21 Å². The maximum atomic E-state index is 5.43. The van der Waals surface area contributed by atoms with Gasteiger partial charge in [-0.1, -0.05) is 19.1 Å². The number of fused-ring (bicyclic) bond motifs is 1. The van der Waals surface area contributed by atoms with Crippen molar-refractivity contribution in [2.24, 2.45) is 11.0 Å². The van der Waals surface area contributed by atoms with Crippen LogP contribution in [0.5, 0.6) is 11.5 Å². The molecule has 0 bridgehead atoms. The lowest BCUT2D eigenvalue weighted by atomic mass is 10.00. The zero-order valence-electron chi connectivity index (χ0n) is 19.7. The van der Waals surface area contributed by atoms with Crippen LogP contribution in [0.1, 0.15) is 36.5 Å². The number of nitrogens with one attached hydrogen (secondary N) is 2. The minimum Gasteiger partial charge on any atom is -0.454 e. The first kappa shape index (κ1) is 21.9. The lowest BCUT2D eigenvalue weighted by Gasteiger charge is -2.30. The highest BCUT2D eigenvalue weighted by Gasteiger charge is 2.20. The molecule has 1 aromatic heterocycles. The molecule has 9 heteroatoms. The number of aromatic nitrogens is 3. The summed E-state index contributed by atoms with van der Waals surface area (Å²) in [5.74, 6) is 3.69. The van der Waals surface area contributed by atoms with Gasteiger partial charge < -0.3 is 19.7 Å². The minimum absolute atomic E-state index is 0.243. The van der Waals surface area contributed by atoms with E-state index in [9.17, 15) is 0 Å². The van der Waals surface area contributed by atoms with E-state index in [1.807, 2.05) is 30.3 Å². The minimum atomic E-state index is 0.243. The zero-order valence-corrected chi connectivity index (χ0v) is 19.7. The van der Waals surface area contributed by atoms with Crippen LogP contribution in [-0.2, 0) is 0 Å². The molecule has 2 aliphatic heterocycles. The third-order valence-electron chi connectivity index (χ3n) is 6.32. The average molecular weight is 460 g/mol. The Morgan fingerprint density at radius 1 is 1.00 bits per heavy atom. The predicted octanol–water partition coefficient (Wildman–Crippen LogP) is 4.64. The van der Waals surface area contributed by atoms with Gasteiger partial charge in [0.2, 0.25) is 24.6 Å². The molecule has 0 unspecified atom stereocenters. The number of anilines is 4. The van der Waals surface area contributed by atoms with Crippen LogP contribution in [0.2, 0.25) is 0 Å². The van der Waals surface area contributed by atoms with Gasteiger partial charge in [-0.15, -0.1) is 0 Å². The smallest absolute Gasteiger partial charge is 0.250 e. The zero-order chi connectivity index (χ0) is 23.5. The van der Waals surface area contributed by atoms with Crippen molar-refractivity contribution in [3.8, 4) is 11.5 Å². The molecular weight excluding hydrogens is 430 g/mol. The molecule has 5 rings (SSSR count). The maximum Gasteiger partial charge on any atom is 0.250 e. The molecule has 2 aromatic carbocycles. The number of aryl methyl sites for hydroxylation is 1. The van der Waals surface area contributed by atoms with Crippen molar-refractivity contribution in [1.29, 1.82) is 0 Å². The molecule has 0 aliphatic carbocycles. The summed E-state index contributed by atoms with van der Waals surface area (Å²) >= 11 is 0. The van der Waals surface area contributed by atoms with Crippen LogP contribution in [0.15, 0.2) is 41.5 Å². The Balaban J connectivity index is 1.39. The third-order valence-corrected chi connectivity index (χ3v) is 6.32. The molecule has 34 heavy (non-hydrogen) atoms. The van der Waals surface area contributed by atoms with Crippen molar-refractivity contribution in [3.63, 3.8) is 0 Å². The van der Waals surface area contributed by atoms with Gasteiger partial charge in [-0.05, 0) is 73.6 Å². The number of ether oxygens (including phenoxy) is 2. The molecule has 1 saturated heterocycles. The van der Waals surface area contributed by atoms with E-state index in [0.717, 1.165) is 54.4 Å². The molecule has 9 nitrogen and oxygen atoms in total. The molecule has 1 fully saturated rings. The predicted molar refractivity (Wildman–Crippen MR) is 133 cm³/mol. The van der Waals surface area contributed by atoms with E-state index >= 15 is 0 Å². The molecule has 176 valence electrons. The Hall–Kier alpha value is -3.88. The van der Waals surface area contributed by atoms with Crippen LogP contribution < -0.4 is 25.1 Å². The number of nitrogens with zero attached hydrogens (tertiary/aromatic N) is 5. The summed E-state index contributed by atoms with van der Waals surface area (Å²) < 4.78 is 10.8. The van der Waals surface area contributed by atoms with Crippen LogP contribution in [-0.4, -0.2) is 41.0 Å². The van der Waals surface area contributed by atoms with Gasteiger partial charge in [0.15, 0.2) is 11.5 Å². The first-order valence-electron chi connectivity index (χ1n) is 11.6. The SMILES string of the molecule is Cc1cccc(Nc2nc(N/N=C\c3ccc4c(c3)OCO4)nc(N3CCC(C)CC3)n2)c1C. The maximum absolute atomic E-state index is 5.43. The summed E-state index contributed by atoms with van der Waals surface area (Å²) in [5, 5.41) is 7.71. The van der Waals surface area contributed by atoms with E-state index in [0.29, 0.717) is 23.6 Å². The summed E-state index contributed by atoms with van der Waals surface area (Å²) in [5.41, 5.74) is 7.18. The molecule has 0 radical (unpaired) electrons. The topological polar surface area (TPSA) is 96.8 Å². The molecule has 3 aromatic rings. The van der Waals surface area contributed by atoms with Gasteiger partial charge in [-0.25, -0.2) is 5.43 Å². The monoisotopic (exact) mass is 459 g/mol. The van der Waals surface area contributed by atoms with Gasteiger partial charge in [-0.3, -0.25) is 0 Å². The molecule has 3 heterocycles. The van der Waals surface area contributed by atoms with Crippen molar-refractivity contribution in [2.75, 3.05) is 35.5 Å². The van der Waals surface area contributed by atoms with Crippen molar-refractivity contribution < 1.29 is 9.47 Å². The normalized spacial score (nSPS) is 15.7. The summed E-state index contributed by atoms with van der Waals surface area (Å²) in [6.07, 6.45) is 3.94. The molecule has 0 spiro atoms. The largest absolute Gasteiger partial charge is 0.454 e. The second-order valence-corrected chi connectivity index (χ2v) is 8.81. The number of piperidine rings is 1. The van der Waals surface area contributed by atoms with Gasteiger partial charge in [0.25, 0.3) is 0 Å². The summed E-state index contributed by atoms with van der Waals surface area (Å²) in [6, 6.07) is 11.8. The molecule has 2 aliphatic rings. The van der Waals surface area contributed by atoms with Crippen LogP contribution in [0.3, 0.4) is 0 Å². The number of hydrogen-bond donors (Lipinski definition) is 2. The average Bonchev–Trinajstić information content (AvgIpc) is 3.30. The Kier molecular flexibility index (Phi) is 6.16. The number of hydrogen-bond acceptors (Lipinski definition) is 9. The van der Waals surface area contributed by atoms with E-state index < -0.39 is 0 Å². The van der Waals surface area contributed by atoms with E-state index in [4.69, 9.17) is 14.5 Å². The first-order chi connectivity index (χ1) is 16.5. The van der Waals surface area contributed by atoms with Crippen LogP contribution in [0.25, 0.3) is 0 Å². The molecule has 0 amide bonds. The Morgan fingerprint density at radius 2 is 1.79 bits per heavy atom. The highest BCUT2D eigenvalue weighted by Crippen LogP contribution is 2.32. The highest BCUT2D eigenvalue weighted by atomic mass is 16.7. The van der Waals surface area contributed by atoms with Crippen molar-refractivity contribution >= 4 is 29.7 Å². The summed E-state index contributed by atoms with van der Waals surface area (Å²) in [4.78, 5) is 16.2. The van der Waals surface area contributed by atoms with Crippen LogP contribution >= 0.6 is 0 Å². The fourth-order valence-corrected chi connectivity index (χ4v) is 3.99. The van der Waals surface area contributed by atoms with Crippen LogP contribution in [0.4, 0.5) is 23.5 Å². The third kappa shape index (κ3) is 4.88. The fourth-order valence-electron chi connectivity index (χ4n) is 3.99. The van der Waals surface area contributed by atoms with Gasteiger partial charge in [0, 0.05) is 18.8 Å². The van der Waals surface area contributed by atoms with Crippen molar-refractivity contribution in [2.45, 2.75) is 33.6 Å². The van der Waals surface area contributed by atoms with Gasteiger partial charge >= 0.3 is 0 Å². The Morgan fingerprint density at radius 3 is 2.65 bits per heavy atom. The van der Waals surface area contributed by atoms with Crippen LogP contribution in [0, 0.1) is 19.8 Å². The molecule has 2 N–H and O–H groups in total. The second kappa shape index (κ2) is 9.54. The molecule has 0 atom stereocenters. The molecular formula is C25H29N7O2. The van der Waals surface area contributed by atoms with E-state index in [1.165, 1.54) is 5.56 Å². The Labute approximate surface area is 199 Å². The second-order valence-electron chi connectivity index (χ2n) is 8.81. The van der Waals surface area contributed by atoms with E-state index in [2.05, 4.69) is 57.5 Å². The lowest BCUT2D eigenvalue weighted by molar-refractivity contribution is 0.174. The highest BCUT2D eigenvalue weighted by molar-refractivity contribution is 5.81. The number of hydrazone groups is 1. The first-order valence-corrected chi connectivity index (χ1v) is 11.6. The summed E-state index contributed by atoms with van der Waals surface area (Å²) in [6.45, 7) is 8.55. The van der Waals surface area contributed by atoms with Crippen molar-refractivity contribution in [3.05, 3.63) is 53.1 Å². The summed E-state index contributed by atoms with van der Waals surface area (Å²) in [7, 11) is 0. The lowest BCUT2D eigenvalue weighted by Crippen LogP contribution is -2.34. The van der Waals surface area contributed by atoms with E-state index in [1.54, 1.807) is 6.21 Å². The quantitative estimate of drug-likeness (QED) is 0.406. The van der Waals surface area contributed by atoms with Crippen molar-refractivity contribution in [1.82, 2.24) is 15.0 Å². The van der Waals surface area contributed by atoms with Gasteiger partial charge in [-0.2, -0.15) is 20.1 Å². The van der Waals surface area contributed by atoms with E-state index in [-0.39, 0.29) is 6.79 Å². The Bertz CT molecular complexity index is 1210. The molecule has 0 saturated carbocycles. The number of benzene rings is 2. The standard InChI is InChI=1S/C25H29N7O2/c1-16-9-11-32(12-10-16)25-29-23(27-20-6-4-5-17(2)18(20)3)28-24(30-25)31-26-14-19-7-8-21-22(13-19)34-15-33-21/h4-8,13-14,16H,9-12,15H2,1-3H3,(H2,27,28,29,30,31)/b26-14-. The number of rotatable bonds is 6.